The van der Waals surface area contributed by atoms with Crippen LogP contribution in [0.4, 0.5) is 4.39 Å². The van der Waals surface area contributed by atoms with Crippen molar-refractivity contribution in [1.82, 2.24) is 0 Å². The SMILES string of the molecule is NS(=O)(=O)c1ccc(OCc2cc(F)ccc2Cl)c(Br)c1. The van der Waals surface area contributed by atoms with Gasteiger partial charge in [0.15, 0.2) is 0 Å². The molecule has 0 bridgehead atoms. The van der Waals surface area contributed by atoms with Crippen molar-refractivity contribution < 1.29 is 17.5 Å². The van der Waals surface area contributed by atoms with Crippen LogP contribution in [0.2, 0.25) is 5.02 Å². The van der Waals surface area contributed by atoms with E-state index >= 15 is 0 Å². The molecule has 4 nitrogen and oxygen atoms in total. The van der Waals surface area contributed by atoms with Gasteiger partial charge in [-0.1, -0.05) is 11.6 Å². The highest BCUT2D eigenvalue weighted by Crippen LogP contribution is 2.29. The van der Waals surface area contributed by atoms with E-state index in [4.69, 9.17) is 21.5 Å². The standard InChI is InChI=1S/C13H10BrClFNO3S/c14-11-6-10(21(17,18)19)2-4-13(11)20-7-8-5-9(16)1-3-12(8)15/h1-6H,7H2,(H2,17,18,19). The minimum atomic E-state index is -3.78. The molecule has 0 saturated heterocycles. The maximum Gasteiger partial charge on any atom is 0.238 e. The molecule has 21 heavy (non-hydrogen) atoms. The first kappa shape index (κ1) is 16.2. The van der Waals surface area contributed by atoms with E-state index in [1.165, 1.54) is 36.4 Å². The van der Waals surface area contributed by atoms with Gasteiger partial charge in [0.05, 0.1) is 9.37 Å². The molecule has 0 aliphatic heterocycles. The summed E-state index contributed by atoms with van der Waals surface area (Å²) < 4.78 is 41.5. The first-order chi connectivity index (χ1) is 9.77. The molecule has 0 spiro atoms. The first-order valence-corrected chi connectivity index (χ1v) is 8.38. The fourth-order valence-electron chi connectivity index (χ4n) is 1.59. The van der Waals surface area contributed by atoms with Gasteiger partial charge >= 0.3 is 0 Å². The monoisotopic (exact) mass is 393 g/mol. The Morgan fingerprint density at radius 2 is 1.95 bits per heavy atom. The molecule has 0 aliphatic carbocycles. The van der Waals surface area contributed by atoms with Crippen molar-refractivity contribution in [3.8, 4) is 5.75 Å². The Labute approximate surface area is 134 Å². The molecule has 0 radical (unpaired) electrons. The third-order valence-electron chi connectivity index (χ3n) is 2.62. The van der Waals surface area contributed by atoms with Crippen LogP contribution in [-0.2, 0) is 16.6 Å². The van der Waals surface area contributed by atoms with Crippen molar-refractivity contribution >= 4 is 37.6 Å². The Bertz CT molecular complexity index is 783. The zero-order valence-corrected chi connectivity index (χ0v) is 13.7. The molecule has 8 heteroatoms. The molecule has 0 saturated carbocycles. The minimum Gasteiger partial charge on any atom is -0.488 e. The molecule has 0 fully saturated rings. The number of nitrogens with two attached hydrogens (primary N) is 1. The van der Waals surface area contributed by atoms with E-state index in [0.717, 1.165) is 0 Å². The molecule has 2 N–H and O–H groups in total. The molecule has 0 unspecified atom stereocenters. The summed E-state index contributed by atoms with van der Waals surface area (Å²) >= 11 is 9.13. The van der Waals surface area contributed by atoms with Crippen LogP contribution in [0.3, 0.4) is 0 Å². The summed E-state index contributed by atoms with van der Waals surface area (Å²) in [5, 5.41) is 5.41. The maximum atomic E-state index is 13.1. The summed E-state index contributed by atoms with van der Waals surface area (Å²) in [5.41, 5.74) is 0.485. The van der Waals surface area contributed by atoms with E-state index < -0.39 is 15.8 Å². The van der Waals surface area contributed by atoms with Crippen LogP contribution < -0.4 is 9.88 Å². The summed E-state index contributed by atoms with van der Waals surface area (Å²) in [6.07, 6.45) is 0. The molecule has 2 aromatic rings. The van der Waals surface area contributed by atoms with Crippen LogP contribution in [0.25, 0.3) is 0 Å². The summed E-state index contributed by atoms with van der Waals surface area (Å²) in [6.45, 7) is 0.0456. The molecular weight excluding hydrogens is 385 g/mol. The van der Waals surface area contributed by atoms with Crippen LogP contribution in [0.1, 0.15) is 5.56 Å². The summed E-state index contributed by atoms with van der Waals surface area (Å²) in [5.74, 6) is -0.0237. The van der Waals surface area contributed by atoms with Crippen molar-refractivity contribution in [2.75, 3.05) is 0 Å². The van der Waals surface area contributed by atoms with Gasteiger partial charge in [0.1, 0.15) is 18.2 Å². The number of hydrogen-bond donors (Lipinski definition) is 1. The second-order valence-electron chi connectivity index (χ2n) is 4.16. The molecule has 0 atom stereocenters. The van der Waals surface area contributed by atoms with Crippen LogP contribution >= 0.6 is 27.5 Å². The number of benzene rings is 2. The predicted molar refractivity (Wildman–Crippen MR) is 81.3 cm³/mol. The lowest BCUT2D eigenvalue weighted by Crippen LogP contribution is -2.12. The van der Waals surface area contributed by atoms with Gasteiger partial charge in [-0.25, -0.2) is 17.9 Å². The van der Waals surface area contributed by atoms with E-state index in [9.17, 15) is 12.8 Å². The van der Waals surface area contributed by atoms with Gasteiger partial charge in [0.2, 0.25) is 10.0 Å². The van der Waals surface area contributed by atoms with Crippen LogP contribution in [0.5, 0.6) is 5.75 Å². The van der Waals surface area contributed by atoms with E-state index in [-0.39, 0.29) is 11.5 Å². The number of ether oxygens (including phenoxy) is 1. The third kappa shape index (κ3) is 4.16. The number of halogens is 3. The number of hydrogen-bond acceptors (Lipinski definition) is 3. The molecule has 0 aliphatic rings. The molecule has 0 aromatic heterocycles. The van der Waals surface area contributed by atoms with Crippen LogP contribution in [-0.4, -0.2) is 8.42 Å². The zero-order chi connectivity index (χ0) is 15.6. The zero-order valence-electron chi connectivity index (χ0n) is 10.5. The second-order valence-corrected chi connectivity index (χ2v) is 6.98. The Hall–Kier alpha value is -1.15. The van der Waals surface area contributed by atoms with Crippen molar-refractivity contribution in [2.45, 2.75) is 11.5 Å². The van der Waals surface area contributed by atoms with Gasteiger partial charge in [-0.2, -0.15) is 0 Å². The fraction of sp³-hybridized carbons (Fsp3) is 0.0769. The van der Waals surface area contributed by atoms with Crippen molar-refractivity contribution in [3.63, 3.8) is 0 Å². The van der Waals surface area contributed by atoms with E-state index in [1.54, 1.807) is 0 Å². The average Bonchev–Trinajstić information content (AvgIpc) is 2.40. The highest BCUT2D eigenvalue weighted by Gasteiger charge is 2.11. The second kappa shape index (κ2) is 6.31. The Morgan fingerprint density at radius 3 is 2.57 bits per heavy atom. The van der Waals surface area contributed by atoms with Crippen LogP contribution in [0.15, 0.2) is 45.8 Å². The Kier molecular flexibility index (Phi) is 4.88. The lowest BCUT2D eigenvalue weighted by atomic mass is 10.2. The van der Waals surface area contributed by atoms with Crippen molar-refractivity contribution in [1.29, 1.82) is 0 Å². The topological polar surface area (TPSA) is 69.4 Å². The molecular formula is C13H10BrClFNO3S. The lowest BCUT2D eigenvalue weighted by molar-refractivity contribution is 0.303. The van der Waals surface area contributed by atoms with Crippen molar-refractivity contribution in [2.24, 2.45) is 5.14 Å². The van der Waals surface area contributed by atoms with Crippen LogP contribution in [0, 0.1) is 5.82 Å². The van der Waals surface area contributed by atoms with Gasteiger partial charge in [0.25, 0.3) is 0 Å². The normalized spacial score (nSPS) is 11.4. The summed E-state index contributed by atoms with van der Waals surface area (Å²) in [6, 6.07) is 8.07. The summed E-state index contributed by atoms with van der Waals surface area (Å²) in [4.78, 5) is -0.0366. The molecule has 0 amide bonds. The highest BCUT2D eigenvalue weighted by atomic mass is 79.9. The molecule has 2 aromatic carbocycles. The number of primary sulfonamides is 1. The third-order valence-corrected chi connectivity index (χ3v) is 4.52. The molecule has 2 rings (SSSR count). The first-order valence-electron chi connectivity index (χ1n) is 5.66. The van der Waals surface area contributed by atoms with Crippen molar-refractivity contribution in [3.05, 3.63) is 57.3 Å². The van der Waals surface area contributed by atoms with E-state index in [2.05, 4.69) is 15.9 Å². The lowest BCUT2D eigenvalue weighted by Gasteiger charge is -2.10. The maximum absolute atomic E-state index is 13.1. The van der Waals surface area contributed by atoms with Gasteiger partial charge in [-0.15, -0.1) is 0 Å². The minimum absolute atomic E-state index is 0.0366. The highest BCUT2D eigenvalue weighted by molar-refractivity contribution is 9.10. The summed E-state index contributed by atoms with van der Waals surface area (Å²) in [7, 11) is -3.78. The largest absolute Gasteiger partial charge is 0.488 e. The van der Waals surface area contributed by atoms with Gasteiger partial charge < -0.3 is 4.74 Å². The molecule has 0 heterocycles. The quantitative estimate of drug-likeness (QED) is 0.863. The van der Waals surface area contributed by atoms with Gasteiger partial charge in [-0.05, 0) is 52.3 Å². The Morgan fingerprint density at radius 1 is 1.24 bits per heavy atom. The predicted octanol–water partition coefficient (Wildman–Crippen LogP) is 3.47. The number of sulfonamides is 1. The Balaban J connectivity index is 2.19. The smallest absolute Gasteiger partial charge is 0.238 e. The van der Waals surface area contributed by atoms with Gasteiger partial charge in [0, 0.05) is 10.6 Å². The van der Waals surface area contributed by atoms with E-state index in [1.807, 2.05) is 0 Å². The van der Waals surface area contributed by atoms with E-state index in [0.29, 0.717) is 20.8 Å². The van der Waals surface area contributed by atoms with Gasteiger partial charge in [-0.3, -0.25) is 0 Å². The number of rotatable bonds is 4. The fourth-order valence-corrected chi connectivity index (χ4v) is 2.94. The molecule has 112 valence electrons. The average molecular weight is 395 g/mol.